The molecule has 9 nitrogen and oxygen atoms in total. The summed E-state index contributed by atoms with van der Waals surface area (Å²) in [5, 5.41) is 0.276. The average molecular weight is 632 g/mol. The number of cyclic esters (lactones) is 1. The van der Waals surface area contributed by atoms with Gasteiger partial charge in [0.15, 0.2) is 0 Å². The third-order valence-corrected chi connectivity index (χ3v) is 7.31. The van der Waals surface area contributed by atoms with E-state index in [4.69, 9.17) is 25.8 Å². The van der Waals surface area contributed by atoms with E-state index >= 15 is 0 Å². The lowest BCUT2D eigenvalue weighted by Crippen LogP contribution is -2.38. The fourth-order valence-corrected chi connectivity index (χ4v) is 5.07. The highest BCUT2D eigenvalue weighted by molar-refractivity contribution is 6.30. The maximum atomic E-state index is 13.5. The Hall–Kier alpha value is -3.85. The number of aromatic nitrogens is 3. The molecule has 4 heterocycles. The molecule has 2 atom stereocenters. The molecule has 0 unspecified atom stereocenters. The Morgan fingerprint density at radius 3 is 2.23 bits per heavy atom. The van der Waals surface area contributed by atoms with Gasteiger partial charge in [-0.3, -0.25) is 4.90 Å². The Kier molecular flexibility index (Phi) is 8.31. The van der Waals surface area contributed by atoms with Gasteiger partial charge in [0.05, 0.1) is 54.8 Å². The van der Waals surface area contributed by atoms with E-state index in [1.54, 1.807) is 6.07 Å². The number of carbonyl (C=O) groups excluding carboxylic acids is 1. The molecule has 3 aromatic rings. The van der Waals surface area contributed by atoms with Crippen LogP contribution in [0.1, 0.15) is 35.4 Å². The molecule has 1 amide bonds. The van der Waals surface area contributed by atoms with Crippen molar-refractivity contribution < 1.29 is 45.3 Å². The van der Waals surface area contributed by atoms with Gasteiger partial charge in [-0.2, -0.15) is 26.3 Å². The molecule has 1 aromatic carbocycles. The lowest BCUT2D eigenvalue weighted by molar-refractivity contribution is -0.143. The number of morpholine rings is 1. The van der Waals surface area contributed by atoms with Gasteiger partial charge in [-0.15, -0.1) is 0 Å². The number of ether oxygens (including phenoxy) is 3. The van der Waals surface area contributed by atoms with E-state index in [-0.39, 0.29) is 23.5 Å². The van der Waals surface area contributed by atoms with Crippen molar-refractivity contribution in [1.82, 2.24) is 19.9 Å². The largest absolute Gasteiger partial charge is 0.481 e. The van der Waals surface area contributed by atoms with Crippen molar-refractivity contribution in [3.63, 3.8) is 0 Å². The Labute approximate surface area is 246 Å². The van der Waals surface area contributed by atoms with Crippen LogP contribution in [0, 0.1) is 0 Å². The molecule has 0 saturated carbocycles. The van der Waals surface area contributed by atoms with Crippen LogP contribution in [0.4, 0.5) is 37.1 Å². The first kappa shape index (κ1) is 30.6. The molecule has 0 N–H and O–H groups in total. The first-order valence-corrected chi connectivity index (χ1v) is 13.3. The number of benzene rings is 1. The zero-order valence-corrected chi connectivity index (χ0v) is 23.4. The fourth-order valence-electron chi connectivity index (χ4n) is 4.91. The zero-order valence-electron chi connectivity index (χ0n) is 22.7. The van der Waals surface area contributed by atoms with Crippen LogP contribution in [0.25, 0.3) is 11.1 Å². The van der Waals surface area contributed by atoms with Gasteiger partial charge in [-0.25, -0.2) is 19.7 Å². The van der Waals surface area contributed by atoms with E-state index in [1.807, 2.05) is 4.90 Å². The number of halogens is 7. The van der Waals surface area contributed by atoms with Gasteiger partial charge in [0, 0.05) is 36.6 Å². The number of rotatable bonds is 6. The molecular formula is C27H24ClF6N5O4. The summed E-state index contributed by atoms with van der Waals surface area (Å²) in [6.45, 7) is 3.13. The second-order valence-electron chi connectivity index (χ2n) is 9.85. The van der Waals surface area contributed by atoms with Crippen molar-refractivity contribution in [2.45, 2.75) is 38.0 Å². The minimum absolute atomic E-state index is 0.0233. The molecule has 0 spiro atoms. The normalized spacial score (nSPS) is 19.5. The second kappa shape index (κ2) is 11.7. The minimum atomic E-state index is -5.06. The highest BCUT2D eigenvalue weighted by Crippen LogP contribution is 2.42. The van der Waals surface area contributed by atoms with Crippen molar-refractivity contribution in [1.29, 1.82) is 0 Å². The number of carbonyl (C=O) groups is 1. The highest BCUT2D eigenvalue weighted by Gasteiger charge is 2.43. The lowest BCUT2D eigenvalue weighted by Gasteiger charge is -2.28. The van der Waals surface area contributed by atoms with Crippen LogP contribution < -0.4 is 9.64 Å². The average Bonchev–Trinajstić information content (AvgIpc) is 3.25. The summed E-state index contributed by atoms with van der Waals surface area (Å²) in [4.78, 5) is 29.5. The molecule has 2 aliphatic heterocycles. The maximum absolute atomic E-state index is 13.5. The second-order valence-corrected chi connectivity index (χ2v) is 10.3. The van der Waals surface area contributed by atoms with E-state index < -0.39 is 47.3 Å². The molecule has 2 aromatic heterocycles. The van der Waals surface area contributed by atoms with E-state index in [0.29, 0.717) is 61.2 Å². The molecule has 2 aliphatic rings. The van der Waals surface area contributed by atoms with Crippen LogP contribution in [0.3, 0.4) is 0 Å². The molecule has 230 valence electrons. The topological polar surface area (TPSA) is 89.9 Å². The van der Waals surface area contributed by atoms with E-state index in [2.05, 4.69) is 15.0 Å². The molecule has 2 saturated heterocycles. The smallest absolute Gasteiger partial charge is 0.416 e. The molecule has 0 radical (unpaired) electrons. The lowest BCUT2D eigenvalue weighted by atomic mass is 9.97. The number of anilines is 1. The number of hydrogen-bond donors (Lipinski definition) is 0. The highest BCUT2D eigenvalue weighted by atomic mass is 35.5. The number of hydrogen-bond acceptors (Lipinski definition) is 8. The summed E-state index contributed by atoms with van der Waals surface area (Å²) in [7, 11) is 1.40. The first-order valence-electron chi connectivity index (χ1n) is 12.9. The summed E-state index contributed by atoms with van der Waals surface area (Å²) in [5.41, 5.74) is -2.36. The van der Waals surface area contributed by atoms with Crippen LogP contribution >= 0.6 is 11.6 Å². The van der Waals surface area contributed by atoms with Gasteiger partial charge in [-0.1, -0.05) is 11.6 Å². The van der Waals surface area contributed by atoms with Gasteiger partial charge in [0.1, 0.15) is 6.10 Å². The molecule has 2 fully saturated rings. The van der Waals surface area contributed by atoms with Crippen LogP contribution in [0.2, 0.25) is 5.02 Å². The van der Waals surface area contributed by atoms with E-state index in [9.17, 15) is 31.1 Å². The van der Waals surface area contributed by atoms with Gasteiger partial charge < -0.3 is 19.1 Å². The van der Waals surface area contributed by atoms with Gasteiger partial charge in [0.2, 0.25) is 11.8 Å². The van der Waals surface area contributed by atoms with Crippen molar-refractivity contribution in [2.75, 3.05) is 38.3 Å². The standard InChI is InChI=1S/C27H24ClF6N5O4/c1-14-22(15-7-16(26(29,30)31)9-17(8-15)27(32,33)34)43-25(40)39(14)13-21-20(19-10-18(28)11-35-23(19)41-2)12-36-24(37-21)38-3-5-42-6-4-38/h7-12,14,22H,3-6,13H2,1-2H3/t14-,22-/m0/s1. The van der Waals surface area contributed by atoms with Crippen molar-refractivity contribution in [2.24, 2.45) is 0 Å². The predicted octanol–water partition coefficient (Wildman–Crippen LogP) is 6.16. The third kappa shape index (κ3) is 6.42. The van der Waals surface area contributed by atoms with Gasteiger partial charge in [-0.05, 0) is 36.8 Å². The number of methoxy groups -OCH3 is 1. The summed E-state index contributed by atoms with van der Waals surface area (Å²) in [6, 6.07) is 1.73. The summed E-state index contributed by atoms with van der Waals surface area (Å²) in [6.07, 6.45) is -9.61. The molecule has 16 heteroatoms. The number of alkyl halides is 6. The summed E-state index contributed by atoms with van der Waals surface area (Å²) < 4.78 is 97.2. The summed E-state index contributed by atoms with van der Waals surface area (Å²) in [5.74, 6) is 0.521. The number of amides is 1. The quantitative estimate of drug-likeness (QED) is 0.299. The Morgan fingerprint density at radius 1 is 0.977 bits per heavy atom. The molecule has 43 heavy (non-hydrogen) atoms. The third-order valence-electron chi connectivity index (χ3n) is 7.10. The van der Waals surface area contributed by atoms with Gasteiger partial charge in [0.25, 0.3) is 0 Å². The minimum Gasteiger partial charge on any atom is -0.481 e. The molecule has 5 rings (SSSR count). The van der Waals surface area contributed by atoms with Crippen molar-refractivity contribution in [3.8, 4) is 17.0 Å². The Balaban J connectivity index is 1.54. The summed E-state index contributed by atoms with van der Waals surface area (Å²) >= 11 is 6.20. The molecular weight excluding hydrogens is 608 g/mol. The van der Waals surface area contributed by atoms with Crippen molar-refractivity contribution >= 4 is 23.6 Å². The monoisotopic (exact) mass is 631 g/mol. The SMILES string of the molecule is COc1ncc(Cl)cc1-c1cnc(N2CCOCC2)nc1CN1C(=O)O[C@H](c2cc(C(F)(F)F)cc(C(F)(F)F)c2)[C@@H]1C. The van der Waals surface area contributed by atoms with Gasteiger partial charge >= 0.3 is 18.4 Å². The van der Waals surface area contributed by atoms with E-state index in [1.165, 1.54) is 31.3 Å². The molecule has 0 bridgehead atoms. The first-order chi connectivity index (χ1) is 20.3. The van der Waals surface area contributed by atoms with Crippen molar-refractivity contribution in [3.05, 3.63) is 64.1 Å². The van der Waals surface area contributed by atoms with E-state index in [0.717, 1.165) is 0 Å². The predicted molar refractivity (Wildman–Crippen MR) is 141 cm³/mol. The fraction of sp³-hybridized carbons (Fsp3) is 0.407. The zero-order chi connectivity index (χ0) is 31.1. The van der Waals surface area contributed by atoms with Crippen LogP contribution in [0.15, 0.2) is 36.7 Å². The van der Waals surface area contributed by atoms with Crippen LogP contribution in [0.5, 0.6) is 5.88 Å². The molecule has 0 aliphatic carbocycles. The van der Waals surface area contributed by atoms with Crippen LogP contribution in [-0.2, 0) is 28.4 Å². The van der Waals surface area contributed by atoms with Crippen LogP contribution in [-0.4, -0.2) is 65.4 Å². The Bertz CT molecular complexity index is 1480. The maximum Gasteiger partial charge on any atom is 0.416 e. The number of nitrogens with zero attached hydrogens (tertiary/aromatic N) is 5. The Morgan fingerprint density at radius 2 is 1.63 bits per heavy atom. The number of pyridine rings is 1.